The molecule has 130 valence electrons. The van der Waals surface area contributed by atoms with Crippen molar-refractivity contribution in [2.45, 2.75) is 0 Å². The summed E-state index contributed by atoms with van der Waals surface area (Å²) in [6.07, 6.45) is 1.59. The Labute approximate surface area is 148 Å². The first-order chi connectivity index (χ1) is 12.0. The maximum absolute atomic E-state index is 12.5. The van der Waals surface area contributed by atoms with Gasteiger partial charge in [0.1, 0.15) is 10.9 Å². The van der Waals surface area contributed by atoms with E-state index in [1.807, 2.05) is 6.07 Å². The molecule has 0 spiro atoms. The van der Waals surface area contributed by atoms with E-state index in [1.165, 1.54) is 12.0 Å². The number of carbonyl (C=O) groups is 2. The number of fused-ring (bicyclic) bond motifs is 1. The Morgan fingerprint density at radius 2 is 2.24 bits per heavy atom. The largest absolute Gasteiger partial charge is 0.466 e. The number of aliphatic hydroxyl groups excluding tert-OH is 1. The van der Waals surface area contributed by atoms with E-state index in [2.05, 4.69) is 10.3 Å². The zero-order valence-corrected chi connectivity index (χ0v) is 14.2. The van der Waals surface area contributed by atoms with E-state index in [-0.39, 0.29) is 36.9 Å². The Hall–Kier alpha value is -2.64. The number of β-amino-alcohol motifs (C(OH)–C–C–N with tert-alkyl or cyclic N) is 1. The van der Waals surface area contributed by atoms with Gasteiger partial charge in [0.2, 0.25) is 0 Å². The first-order valence-corrected chi connectivity index (χ1v) is 7.96. The van der Waals surface area contributed by atoms with Crippen molar-refractivity contribution in [1.29, 1.82) is 0 Å². The lowest BCUT2D eigenvalue weighted by Crippen LogP contribution is -2.31. The molecular weight excluding hydrogens is 346 g/mol. The van der Waals surface area contributed by atoms with E-state index in [4.69, 9.17) is 21.4 Å². The first kappa shape index (κ1) is 17.2. The van der Waals surface area contributed by atoms with Gasteiger partial charge in [-0.15, -0.1) is 0 Å². The predicted octanol–water partition coefficient (Wildman–Crippen LogP) is 1.56. The molecule has 0 unspecified atom stereocenters. The number of aromatic nitrogens is 1. The molecule has 0 saturated heterocycles. The third kappa shape index (κ3) is 3.29. The van der Waals surface area contributed by atoms with Gasteiger partial charge in [0, 0.05) is 23.8 Å². The summed E-state index contributed by atoms with van der Waals surface area (Å²) in [5.74, 6) is -0.938. The minimum atomic E-state index is -0.579. The first-order valence-electron chi connectivity index (χ1n) is 7.58. The van der Waals surface area contributed by atoms with E-state index < -0.39 is 5.97 Å². The number of carbonyl (C=O) groups excluding carboxylic acids is 2. The number of nitrogens with one attached hydrogen (secondary N) is 1. The van der Waals surface area contributed by atoms with Crippen LogP contribution in [-0.4, -0.2) is 53.7 Å². The van der Waals surface area contributed by atoms with Crippen LogP contribution in [0.3, 0.4) is 0 Å². The van der Waals surface area contributed by atoms with Gasteiger partial charge in [-0.3, -0.25) is 4.79 Å². The van der Waals surface area contributed by atoms with Gasteiger partial charge >= 0.3 is 5.97 Å². The third-order valence-corrected chi connectivity index (χ3v) is 4.24. The van der Waals surface area contributed by atoms with Crippen LogP contribution in [0, 0.1) is 0 Å². The van der Waals surface area contributed by atoms with Crippen molar-refractivity contribution in [2.75, 3.05) is 32.1 Å². The number of pyridine rings is 1. The van der Waals surface area contributed by atoms with Crippen LogP contribution < -0.4 is 5.32 Å². The summed E-state index contributed by atoms with van der Waals surface area (Å²) >= 11 is 6.05. The molecule has 25 heavy (non-hydrogen) atoms. The van der Waals surface area contributed by atoms with Crippen molar-refractivity contribution in [3.63, 3.8) is 0 Å². The molecule has 0 aliphatic carbocycles. The van der Waals surface area contributed by atoms with Crippen LogP contribution in [0.2, 0.25) is 5.15 Å². The monoisotopic (exact) mass is 361 g/mol. The number of hydrogen-bond donors (Lipinski definition) is 2. The zero-order chi connectivity index (χ0) is 18.0. The molecule has 0 atom stereocenters. The van der Waals surface area contributed by atoms with Crippen molar-refractivity contribution in [3.05, 3.63) is 46.9 Å². The number of anilines is 1. The maximum atomic E-state index is 12.5. The molecule has 1 amide bonds. The van der Waals surface area contributed by atoms with Crippen molar-refractivity contribution in [1.82, 2.24) is 9.88 Å². The molecule has 7 nitrogen and oxygen atoms in total. The van der Waals surface area contributed by atoms with Crippen LogP contribution in [0.4, 0.5) is 5.69 Å². The third-order valence-electron chi connectivity index (χ3n) is 3.94. The van der Waals surface area contributed by atoms with Crippen LogP contribution in [0.25, 0.3) is 10.8 Å². The summed E-state index contributed by atoms with van der Waals surface area (Å²) in [5.41, 5.74) is 1.01. The van der Waals surface area contributed by atoms with Gasteiger partial charge in [0.25, 0.3) is 5.91 Å². The van der Waals surface area contributed by atoms with Crippen LogP contribution in [0.5, 0.6) is 0 Å². The molecule has 1 aliphatic heterocycles. The summed E-state index contributed by atoms with van der Waals surface area (Å²) < 4.78 is 4.76. The highest BCUT2D eigenvalue weighted by Crippen LogP contribution is 2.27. The maximum Gasteiger partial charge on any atom is 0.337 e. The topological polar surface area (TPSA) is 91.8 Å². The summed E-state index contributed by atoms with van der Waals surface area (Å²) in [4.78, 5) is 29.9. The zero-order valence-electron chi connectivity index (χ0n) is 13.5. The van der Waals surface area contributed by atoms with Gasteiger partial charge < -0.3 is 20.1 Å². The van der Waals surface area contributed by atoms with E-state index in [9.17, 15) is 9.59 Å². The van der Waals surface area contributed by atoms with Gasteiger partial charge in [-0.1, -0.05) is 11.6 Å². The number of hydrogen-bond acceptors (Lipinski definition) is 6. The number of rotatable bonds is 5. The van der Waals surface area contributed by atoms with Crippen molar-refractivity contribution in [2.24, 2.45) is 0 Å². The van der Waals surface area contributed by atoms with Gasteiger partial charge in [0.15, 0.2) is 0 Å². The molecule has 0 saturated carbocycles. The highest BCUT2D eigenvalue weighted by Gasteiger charge is 2.34. The highest BCUT2D eigenvalue weighted by atomic mass is 35.5. The van der Waals surface area contributed by atoms with Crippen LogP contribution in [0.15, 0.2) is 41.7 Å². The number of aliphatic hydroxyl groups is 1. The summed E-state index contributed by atoms with van der Waals surface area (Å²) in [5, 5.41) is 14.1. The van der Waals surface area contributed by atoms with Crippen molar-refractivity contribution < 1.29 is 19.4 Å². The number of amides is 1. The molecule has 0 fully saturated rings. The normalized spacial score (nSPS) is 14.4. The number of benzene rings is 1. The number of halogens is 1. The molecule has 3 rings (SSSR count). The highest BCUT2D eigenvalue weighted by molar-refractivity contribution is 6.34. The fourth-order valence-corrected chi connectivity index (χ4v) is 2.94. The molecule has 1 aromatic heterocycles. The van der Waals surface area contributed by atoms with Crippen molar-refractivity contribution >= 4 is 39.9 Å². The number of esters is 1. The standard InChI is InChI=1S/C17H16ClN3O4/c1-25-17(24)13-9-21(6-7-22)16(23)14(13)20-11-2-3-12-10(8-11)4-5-19-15(12)18/h2-5,8,20,22H,6-7,9H2,1H3. The smallest absolute Gasteiger partial charge is 0.337 e. The second kappa shape index (κ2) is 7.08. The molecule has 8 heteroatoms. The SMILES string of the molecule is COC(=O)C1=C(Nc2ccc3c(Cl)nccc3c2)C(=O)N(CCO)C1. The Kier molecular flexibility index (Phi) is 4.87. The van der Waals surface area contributed by atoms with Gasteiger partial charge in [-0.2, -0.15) is 0 Å². The Morgan fingerprint density at radius 1 is 1.44 bits per heavy atom. The average Bonchev–Trinajstić information content (AvgIpc) is 2.91. The lowest BCUT2D eigenvalue weighted by atomic mass is 10.1. The Balaban J connectivity index is 1.95. The predicted molar refractivity (Wildman–Crippen MR) is 93.1 cm³/mol. The quantitative estimate of drug-likeness (QED) is 0.620. The Morgan fingerprint density at radius 3 is 2.96 bits per heavy atom. The van der Waals surface area contributed by atoms with E-state index in [0.717, 1.165) is 10.8 Å². The van der Waals surface area contributed by atoms with E-state index in [1.54, 1.807) is 24.4 Å². The number of methoxy groups -OCH3 is 1. The second-order valence-corrected chi connectivity index (χ2v) is 5.82. The summed E-state index contributed by atoms with van der Waals surface area (Å²) in [6, 6.07) is 7.15. The Bertz CT molecular complexity index is 881. The fourth-order valence-electron chi connectivity index (χ4n) is 2.71. The average molecular weight is 362 g/mol. The van der Waals surface area contributed by atoms with E-state index >= 15 is 0 Å². The van der Waals surface area contributed by atoms with Gasteiger partial charge in [-0.05, 0) is 29.7 Å². The molecule has 2 aromatic rings. The van der Waals surface area contributed by atoms with Crippen LogP contribution >= 0.6 is 11.6 Å². The van der Waals surface area contributed by atoms with Gasteiger partial charge in [-0.25, -0.2) is 9.78 Å². The van der Waals surface area contributed by atoms with Crippen LogP contribution in [0.1, 0.15) is 0 Å². The summed E-state index contributed by atoms with van der Waals surface area (Å²) in [7, 11) is 1.26. The molecule has 1 aromatic carbocycles. The lowest BCUT2D eigenvalue weighted by Gasteiger charge is -2.15. The molecule has 0 radical (unpaired) electrons. The fraction of sp³-hybridized carbons (Fsp3) is 0.235. The van der Waals surface area contributed by atoms with Gasteiger partial charge in [0.05, 0.1) is 25.8 Å². The minimum Gasteiger partial charge on any atom is -0.466 e. The number of ether oxygens (including phenoxy) is 1. The number of nitrogens with zero attached hydrogens (tertiary/aromatic N) is 2. The van der Waals surface area contributed by atoms with E-state index in [0.29, 0.717) is 10.8 Å². The van der Waals surface area contributed by atoms with Crippen molar-refractivity contribution in [3.8, 4) is 0 Å². The molecule has 2 heterocycles. The molecule has 0 bridgehead atoms. The summed E-state index contributed by atoms with van der Waals surface area (Å²) in [6.45, 7) is 0.0518. The molecule has 1 aliphatic rings. The lowest BCUT2D eigenvalue weighted by molar-refractivity contribution is -0.136. The van der Waals surface area contributed by atoms with Crippen LogP contribution in [-0.2, 0) is 14.3 Å². The minimum absolute atomic E-state index is 0.0950. The molecular formula is C17H16ClN3O4. The second-order valence-electron chi connectivity index (χ2n) is 5.46. The molecule has 2 N–H and O–H groups in total.